The van der Waals surface area contributed by atoms with Crippen LogP contribution in [0.2, 0.25) is 0 Å². The first-order valence-electron chi connectivity index (χ1n) is 2.32. The molecule has 0 spiro atoms. The van der Waals surface area contributed by atoms with E-state index in [1.54, 1.807) is 0 Å². The molecule has 1 saturated heterocycles. The summed E-state index contributed by atoms with van der Waals surface area (Å²) in [5.41, 5.74) is -0.153. The van der Waals surface area contributed by atoms with Gasteiger partial charge >= 0.3 is 0 Å². The van der Waals surface area contributed by atoms with Gasteiger partial charge in [-0.25, -0.2) is 0 Å². The molecule has 0 aromatic heterocycles. The molecule has 11 heavy (non-hydrogen) atoms. The van der Waals surface area contributed by atoms with Gasteiger partial charge in [0.25, 0.3) is 0 Å². The molecule has 74 valence electrons. The highest BCUT2D eigenvalue weighted by Crippen LogP contribution is 2.23. The van der Waals surface area contributed by atoms with Gasteiger partial charge in [-0.3, -0.25) is 18.8 Å². The minimum absolute atomic E-state index is 0. The fraction of sp³-hybridized carbons (Fsp3) is 1.00. The Morgan fingerprint density at radius 3 is 1.91 bits per heavy atom. The van der Waals surface area contributed by atoms with E-state index in [1.807, 2.05) is 0 Å². The van der Waals surface area contributed by atoms with Crippen molar-refractivity contribution in [1.29, 1.82) is 0 Å². The fourth-order valence-corrected chi connectivity index (χ4v) is 1.02. The zero-order chi connectivity index (χ0) is 5.11. The Morgan fingerprint density at radius 2 is 1.73 bits per heavy atom. The summed E-state index contributed by atoms with van der Waals surface area (Å²) < 4.78 is 16.4. The van der Waals surface area contributed by atoms with E-state index in [2.05, 4.69) is 0 Å². The minimum Gasteiger partial charge on any atom is -0.365 e. The van der Waals surface area contributed by atoms with Crippen molar-refractivity contribution in [2.24, 2.45) is 0 Å². The number of hydrogen-bond donors (Lipinski definition) is 0. The molecule has 0 bridgehead atoms. The van der Waals surface area contributed by atoms with Crippen LogP contribution in [-0.2, 0) is 4.74 Å². The Labute approximate surface area is 65.4 Å². The zero-order valence-corrected chi connectivity index (χ0v) is 6.34. The van der Waals surface area contributed by atoms with Crippen LogP contribution in [0.25, 0.3) is 0 Å². The summed E-state index contributed by atoms with van der Waals surface area (Å²) in [6.45, 7) is 0.738. The van der Waals surface area contributed by atoms with Crippen LogP contribution >= 0.6 is 12.1 Å². The third-order valence-corrected chi connectivity index (χ3v) is 1.56. The molecule has 0 aromatic rings. The number of ether oxygens (including phenoxy) is 1. The average molecular weight is 202 g/mol. The number of hydrogen-bond acceptors (Lipinski definition) is 2. The third-order valence-electron chi connectivity index (χ3n) is 0.987. The number of rotatable bonds is 1. The molecule has 1 nitrogen and oxygen atoms in total. The second-order valence-corrected chi connectivity index (χ2v) is 2.24. The van der Waals surface area contributed by atoms with Crippen molar-refractivity contribution in [2.45, 2.75) is 18.3 Å². The maximum absolute atomic E-state index is 11.5. The first-order valence-corrected chi connectivity index (χ1v) is 3.10. The largest absolute Gasteiger partial charge is 0.365 e. The van der Waals surface area contributed by atoms with Crippen molar-refractivity contribution in [1.82, 2.24) is 0 Å². The maximum Gasteiger partial charge on any atom is 0.134 e. The van der Waals surface area contributed by atoms with Gasteiger partial charge in [0.05, 0.1) is 12.1 Å². The van der Waals surface area contributed by atoms with Crippen LogP contribution in [-0.4, -0.2) is 12.0 Å². The Balaban J connectivity index is -0.0000000612. The van der Waals surface area contributed by atoms with Gasteiger partial charge in [0.15, 0.2) is 0 Å². The highest BCUT2D eigenvalue weighted by atomic mass is 32.2. The molecule has 1 unspecified atom stereocenters. The number of halogens is 5. The first-order chi connectivity index (χ1) is 3.43. The van der Waals surface area contributed by atoms with Crippen LogP contribution in [0.5, 0.6) is 0 Å². The van der Waals surface area contributed by atoms with Crippen LogP contribution in [0.1, 0.15) is 12.8 Å². The van der Waals surface area contributed by atoms with Crippen molar-refractivity contribution in [3.05, 3.63) is 0 Å². The zero-order valence-electron chi connectivity index (χ0n) is 5.53. The molecule has 0 saturated carbocycles. The van der Waals surface area contributed by atoms with E-state index in [0.717, 1.165) is 19.4 Å². The molecule has 0 aromatic carbocycles. The highest BCUT2D eigenvalue weighted by molar-refractivity contribution is 7.94. The monoisotopic (exact) mass is 202 g/mol. The summed E-state index contributed by atoms with van der Waals surface area (Å²) in [6.07, 6.45) is 1.89. The molecule has 7 heteroatoms. The van der Waals surface area contributed by atoms with Gasteiger partial charge in [-0.2, -0.15) is 3.89 Å². The van der Waals surface area contributed by atoms with E-state index in [-0.39, 0.29) is 24.3 Å². The van der Waals surface area contributed by atoms with E-state index >= 15 is 0 Å². The van der Waals surface area contributed by atoms with Crippen molar-refractivity contribution in [3.8, 4) is 0 Å². The Bertz CT molecular complexity index is 60.4. The van der Waals surface area contributed by atoms with Gasteiger partial charge in [0.2, 0.25) is 0 Å². The van der Waals surface area contributed by atoms with Crippen LogP contribution < -0.4 is 0 Å². The van der Waals surface area contributed by atoms with E-state index in [0.29, 0.717) is 12.1 Å². The lowest BCUT2D eigenvalue weighted by Crippen LogP contribution is -1.93. The van der Waals surface area contributed by atoms with Gasteiger partial charge in [-0.1, -0.05) is 0 Å². The molecule has 1 atom stereocenters. The summed E-state index contributed by atoms with van der Waals surface area (Å²) in [7, 11) is 0. The molecular weight excluding hydrogens is 191 g/mol. The van der Waals surface area contributed by atoms with Gasteiger partial charge in [-0.15, -0.1) is 0 Å². The first kappa shape index (κ1) is 22.4. The van der Waals surface area contributed by atoms with Crippen LogP contribution in [0.15, 0.2) is 0 Å². The molecule has 1 heterocycles. The van der Waals surface area contributed by atoms with Crippen LogP contribution in [0.4, 0.5) is 22.7 Å². The average Bonchev–Trinajstić information content (AvgIpc) is 2.14. The SMILES string of the molecule is F.F.F.F.FSC1CCCO1. The second-order valence-electron chi connectivity index (χ2n) is 1.53. The smallest absolute Gasteiger partial charge is 0.134 e. The maximum atomic E-state index is 11.5. The molecule has 0 N–H and O–H groups in total. The summed E-state index contributed by atoms with van der Waals surface area (Å²) in [5, 5.41) is 0. The lowest BCUT2D eigenvalue weighted by atomic mass is 10.4. The van der Waals surface area contributed by atoms with Gasteiger partial charge in [0.1, 0.15) is 5.44 Å². The van der Waals surface area contributed by atoms with Gasteiger partial charge in [-0.05, 0) is 12.8 Å². The molecule has 0 aliphatic carbocycles. The molecule has 1 rings (SSSR count). The van der Waals surface area contributed by atoms with Gasteiger partial charge < -0.3 is 4.74 Å². The van der Waals surface area contributed by atoms with Crippen molar-refractivity contribution >= 4 is 12.1 Å². The standard InChI is InChI=1S/C4H7FOS.4FH/c5-7-4-2-1-3-6-4;;;;/h4H,1-3H2;4*1H. The third kappa shape index (κ3) is 7.86. The van der Waals surface area contributed by atoms with E-state index in [4.69, 9.17) is 4.74 Å². The lowest BCUT2D eigenvalue weighted by Gasteiger charge is -1.96. The predicted molar refractivity (Wildman–Crippen MR) is 37.7 cm³/mol. The topological polar surface area (TPSA) is 9.23 Å². The Hall–Kier alpha value is -0.0400. The van der Waals surface area contributed by atoms with E-state index in [1.165, 1.54) is 0 Å². The van der Waals surface area contributed by atoms with Crippen molar-refractivity contribution < 1.29 is 27.4 Å². The predicted octanol–water partition coefficient (Wildman–Crippen LogP) is 2.35. The molecule has 0 amide bonds. The molecule has 1 fully saturated rings. The van der Waals surface area contributed by atoms with Gasteiger partial charge in [0, 0.05) is 6.61 Å². The summed E-state index contributed by atoms with van der Waals surface area (Å²) in [6, 6.07) is 0. The fourth-order valence-electron chi connectivity index (χ4n) is 0.618. The summed E-state index contributed by atoms with van der Waals surface area (Å²) in [4.78, 5) is 0. The lowest BCUT2D eigenvalue weighted by molar-refractivity contribution is 0.171. The molecule has 1 aliphatic rings. The highest BCUT2D eigenvalue weighted by Gasteiger charge is 2.15. The summed E-state index contributed by atoms with van der Waals surface area (Å²) >= 11 is 0.310. The Kier molecular flexibility index (Phi) is 25.7. The van der Waals surface area contributed by atoms with E-state index in [9.17, 15) is 3.89 Å². The van der Waals surface area contributed by atoms with Crippen LogP contribution in [0, 0.1) is 0 Å². The molecule has 0 radical (unpaired) electrons. The second kappa shape index (κ2) is 12.6. The molecular formula is C4H11F5OS. The van der Waals surface area contributed by atoms with Crippen molar-refractivity contribution in [3.63, 3.8) is 0 Å². The molecule has 1 aliphatic heterocycles. The minimum atomic E-state index is -0.153. The van der Waals surface area contributed by atoms with Crippen molar-refractivity contribution in [2.75, 3.05) is 6.61 Å². The Morgan fingerprint density at radius 1 is 1.18 bits per heavy atom. The van der Waals surface area contributed by atoms with Crippen LogP contribution in [0.3, 0.4) is 0 Å². The normalized spacial score (nSPS) is 19.9. The summed E-state index contributed by atoms with van der Waals surface area (Å²) in [5.74, 6) is 0. The van der Waals surface area contributed by atoms with E-state index < -0.39 is 0 Å². The quantitative estimate of drug-likeness (QED) is 0.603.